The van der Waals surface area contributed by atoms with E-state index in [4.69, 9.17) is 38.7 Å². The van der Waals surface area contributed by atoms with Crippen molar-refractivity contribution in [1.29, 1.82) is 0 Å². The fourth-order valence-corrected chi connectivity index (χ4v) is 12.7. The largest absolute Gasteiger partial charge is 0.497 e. The van der Waals surface area contributed by atoms with Crippen LogP contribution in [0.3, 0.4) is 0 Å². The summed E-state index contributed by atoms with van der Waals surface area (Å²) in [5.41, 5.74) is 10.4. The first-order valence-electron chi connectivity index (χ1n) is 23.1. The third kappa shape index (κ3) is 9.95. The number of methoxy groups -OCH3 is 1. The fraction of sp³-hybridized carbons (Fsp3) is 0.787. The van der Waals surface area contributed by atoms with Crippen LogP contribution < -0.4 is 4.74 Å². The summed E-state index contributed by atoms with van der Waals surface area (Å²) in [7, 11) is 1.50. The number of carbonyl (C=O) groups is 2. The molecule has 0 bridgehead atoms. The highest BCUT2D eigenvalue weighted by atomic mass is 16.7. The highest BCUT2D eigenvalue weighted by Crippen LogP contribution is 2.68. The second kappa shape index (κ2) is 20.1. The molecule has 4 unspecified atom stereocenters. The van der Waals surface area contributed by atoms with Crippen LogP contribution in [0.2, 0.25) is 0 Å². The number of aliphatic hydroxyl groups excluding tert-OH is 4. The third-order valence-corrected chi connectivity index (χ3v) is 15.9. The average Bonchev–Trinajstić information content (AvgIpc) is 3.56. The summed E-state index contributed by atoms with van der Waals surface area (Å²) in [6, 6.07) is 6.15. The molecule has 0 amide bonds. The summed E-state index contributed by atoms with van der Waals surface area (Å²) >= 11 is 0. The first kappa shape index (κ1) is 47.6. The van der Waals surface area contributed by atoms with Crippen molar-refractivity contribution < 1.29 is 63.2 Å². The number of allylic oxidation sites excluding steroid dienone is 1. The molecule has 4 aliphatic carbocycles. The Balaban J connectivity index is 1.14. The number of fused-ring (bicyclic) bond motifs is 5. The molecule has 18 atom stereocenters. The molecule has 7 rings (SSSR count). The molecule has 2 heterocycles. The Kier molecular flexibility index (Phi) is 15.2. The van der Waals surface area contributed by atoms with Crippen LogP contribution in [0.25, 0.3) is 10.4 Å². The first-order valence-corrected chi connectivity index (χ1v) is 23.1. The molecule has 1 aromatic carbocycles. The van der Waals surface area contributed by atoms with E-state index in [-0.39, 0.29) is 59.6 Å². The Morgan fingerprint density at radius 3 is 2.33 bits per heavy atom. The van der Waals surface area contributed by atoms with Crippen molar-refractivity contribution in [3.63, 3.8) is 0 Å². The summed E-state index contributed by atoms with van der Waals surface area (Å²) in [6.07, 6.45) is -0.0900. The molecule has 0 aromatic heterocycles. The molecule has 63 heavy (non-hydrogen) atoms. The molecule has 2 aliphatic heterocycles. The lowest BCUT2D eigenvalue weighted by Crippen LogP contribution is -2.62. The molecule has 6 aliphatic rings. The number of benzene rings is 1. The van der Waals surface area contributed by atoms with Gasteiger partial charge in [-0.05, 0) is 121 Å². The standard InChI is InChI=1S/C47H69N3O13/c1-25(22-49-50-48)8-7-9-26(2)38-37(21-34-32-15-12-29-20-30(52)16-18-46(29,4)33(32)17-19-47(34,38)5)61-45-42(60-27(3)51)40(36(54)24-59-45)63-44-41(39(55)35(53)23-58-44)62-43(56)28-10-13-31(57-6)14-11-28/h10-14,25-26,30,32-42,44-45,52-55H,7-9,15-24H2,1-6H3/t25-,26-,30+,32?,33?,34?,35-,36+,37+,38?,39+,40+,41-,42-,44+,45+,46+,47+/m1/s1. The van der Waals surface area contributed by atoms with Crippen molar-refractivity contribution >= 4 is 11.9 Å². The second-order valence-corrected chi connectivity index (χ2v) is 19.9. The smallest absolute Gasteiger partial charge is 0.338 e. The van der Waals surface area contributed by atoms with Crippen molar-refractivity contribution in [2.75, 3.05) is 26.9 Å². The Labute approximate surface area is 370 Å². The minimum Gasteiger partial charge on any atom is -0.497 e. The number of azide groups is 1. The van der Waals surface area contributed by atoms with Crippen LogP contribution in [0.15, 0.2) is 41.0 Å². The normalized spacial score (nSPS) is 40.8. The summed E-state index contributed by atoms with van der Waals surface area (Å²) in [5.74, 6) is 0.894. The van der Waals surface area contributed by atoms with Crippen molar-refractivity contribution in [2.24, 2.45) is 51.5 Å². The SMILES string of the molecule is COc1ccc(C(=O)O[C@H]2[C@H](O[C@@H]3[C@@H](OC(C)=O)[C@H](O[C@H]4CC5C6CC=C7C[C@@H](O)CC[C@]7(C)C6CC[C@]5(C)C4[C@H](C)CCC[C@@H](C)CN=[N+]=[N-])OC[C@@H]3O)OC[C@@H](O)[C@@H]2O)cc1. The zero-order valence-electron chi connectivity index (χ0n) is 37.6. The van der Waals surface area contributed by atoms with E-state index in [1.807, 2.05) is 0 Å². The van der Waals surface area contributed by atoms with Crippen molar-refractivity contribution in [3.8, 4) is 5.75 Å². The molecule has 5 fully saturated rings. The number of esters is 2. The number of carbonyl (C=O) groups excluding carboxylic acids is 2. The molecule has 16 nitrogen and oxygen atoms in total. The van der Waals surface area contributed by atoms with Crippen LogP contribution in [-0.2, 0) is 33.2 Å². The maximum atomic E-state index is 13.3. The van der Waals surface area contributed by atoms with Gasteiger partial charge in [0.25, 0.3) is 0 Å². The fourth-order valence-electron chi connectivity index (χ4n) is 12.7. The highest BCUT2D eigenvalue weighted by molar-refractivity contribution is 5.89. The Bertz CT molecular complexity index is 1830. The number of aliphatic hydroxyl groups is 4. The first-order chi connectivity index (χ1) is 30.1. The van der Waals surface area contributed by atoms with Gasteiger partial charge in [0, 0.05) is 18.4 Å². The maximum absolute atomic E-state index is 13.3. The number of hydrogen-bond donors (Lipinski definition) is 4. The van der Waals surface area contributed by atoms with Gasteiger partial charge < -0.3 is 53.6 Å². The Morgan fingerprint density at radius 1 is 0.921 bits per heavy atom. The molecule has 0 spiro atoms. The van der Waals surface area contributed by atoms with Crippen LogP contribution in [-0.4, -0.2) is 121 Å². The van der Waals surface area contributed by atoms with E-state index in [0.717, 1.165) is 64.2 Å². The van der Waals surface area contributed by atoms with E-state index >= 15 is 0 Å². The third-order valence-electron chi connectivity index (χ3n) is 15.9. The summed E-state index contributed by atoms with van der Waals surface area (Å²) in [4.78, 5) is 29.1. The number of ether oxygens (including phenoxy) is 7. The summed E-state index contributed by atoms with van der Waals surface area (Å²) in [5, 5.41) is 47.5. The zero-order chi connectivity index (χ0) is 45.2. The van der Waals surface area contributed by atoms with E-state index in [1.54, 1.807) is 12.1 Å². The van der Waals surface area contributed by atoms with Gasteiger partial charge in [-0.15, -0.1) is 0 Å². The molecule has 4 N–H and O–H groups in total. The number of hydrogen-bond acceptors (Lipinski definition) is 14. The molecule has 1 aromatic rings. The van der Waals surface area contributed by atoms with E-state index in [1.165, 1.54) is 31.7 Å². The Hall–Kier alpha value is -3.31. The lowest BCUT2D eigenvalue weighted by Gasteiger charge is -2.58. The maximum Gasteiger partial charge on any atom is 0.338 e. The van der Waals surface area contributed by atoms with Crippen LogP contribution in [0.1, 0.15) is 109 Å². The van der Waals surface area contributed by atoms with Gasteiger partial charge in [0.15, 0.2) is 24.8 Å². The van der Waals surface area contributed by atoms with Crippen LogP contribution in [0.4, 0.5) is 0 Å². The molecule has 2 saturated heterocycles. The topological polar surface area (TPSA) is 228 Å². The van der Waals surface area contributed by atoms with Gasteiger partial charge in [0.2, 0.25) is 0 Å². The van der Waals surface area contributed by atoms with Gasteiger partial charge in [0.05, 0.1) is 38.1 Å². The van der Waals surface area contributed by atoms with E-state index in [9.17, 15) is 30.0 Å². The zero-order valence-corrected chi connectivity index (χ0v) is 37.6. The quantitative estimate of drug-likeness (QED) is 0.0520. The number of nitrogens with zero attached hydrogens (tertiary/aromatic N) is 3. The van der Waals surface area contributed by atoms with Gasteiger partial charge in [-0.3, -0.25) is 4.79 Å². The van der Waals surface area contributed by atoms with Crippen molar-refractivity contribution in [2.45, 2.75) is 160 Å². The molecule has 16 heteroatoms. The summed E-state index contributed by atoms with van der Waals surface area (Å²) < 4.78 is 42.3. The van der Waals surface area contributed by atoms with Gasteiger partial charge in [-0.25, -0.2) is 4.79 Å². The van der Waals surface area contributed by atoms with Crippen LogP contribution in [0.5, 0.6) is 5.75 Å². The number of rotatable bonds is 15. The van der Waals surface area contributed by atoms with Gasteiger partial charge in [0.1, 0.15) is 30.2 Å². The molecule has 350 valence electrons. The highest BCUT2D eigenvalue weighted by Gasteiger charge is 2.63. The van der Waals surface area contributed by atoms with E-state index in [2.05, 4.69) is 43.8 Å². The molecular formula is C47H69N3O13. The van der Waals surface area contributed by atoms with E-state index < -0.39 is 61.1 Å². The van der Waals surface area contributed by atoms with Gasteiger partial charge >= 0.3 is 11.9 Å². The van der Waals surface area contributed by atoms with E-state index in [0.29, 0.717) is 30.0 Å². The lowest BCUT2D eigenvalue weighted by atomic mass is 9.47. The predicted octanol–water partition coefficient (Wildman–Crippen LogP) is 6.02. The predicted molar refractivity (Wildman–Crippen MR) is 228 cm³/mol. The van der Waals surface area contributed by atoms with Crippen molar-refractivity contribution in [1.82, 2.24) is 0 Å². The van der Waals surface area contributed by atoms with Gasteiger partial charge in [-0.2, -0.15) is 0 Å². The summed E-state index contributed by atoms with van der Waals surface area (Å²) in [6.45, 7) is 10.4. The van der Waals surface area contributed by atoms with Crippen LogP contribution in [0, 0.1) is 46.3 Å². The van der Waals surface area contributed by atoms with Crippen molar-refractivity contribution in [3.05, 3.63) is 51.9 Å². The second-order valence-electron chi connectivity index (χ2n) is 19.9. The molecular weight excluding hydrogens is 815 g/mol. The van der Waals surface area contributed by atoms with Gasteiger partial charge in [-0.1, -0.05) is 63.7 Å². The molecule has 0 radical (unpaired) electrons. The monoisotopic (exact) mass is 883 g/mol. The average molecular weight is 884 g/mol. The minimum absolute atomic E-state index is 0.0464. The van der Waals surface area contributed by atoms with Crippen LogP contribution >= 0.6 is 0 Å². The Morgan fingerprint density at radius 2 is 1.63 bits per heavy atom. The molecule has 3 saturated carbocycles. The minimum atomic E-state index is -1.61. The lowest BCUT2D eigenvalue weighted by molar-refractivity contribution is -0.340.